The molecule has 1 aliphatic heterocycles. The number of halogens is 2. The van der Waals surface area contributed by atoms with E-state index >= 15 is 0 Å². The number of nitrogens with zero attached hydrogens (tertiary/aromatic N) is 2. The van der Waals surface area contributed by atoms with Crippen LogP contribution in [0.1, 0.15) is 25.6 Å². The van der Waals surface area contributed by atoms with Gasteiger partial charge < -0.3 is 9.30 Å². The smallest absolute Gasteiger partial charge is 0.124 e. The maximum atomic E-state index is 6.12. The average Bonchev–Trinajstić information content (AvgIpc) is 3.04. The Morgan fingerprint density at radius 1 is 1.45 bits per heavy atom. The molecule has 2 heterocycles. The minimum atomic E-state index is 0.342. The first-order valence-corrected chi connectivity index (χ1v) is 7.96. The van der Waals surface area contributed by atoms with E-state index in [1.165, 1.54) is 0 Å². The number of ether oxygens (including phenoxy) is 1. The van der Waals surface area contributed by atoms with Crippen molar-refractivity contribution in [1.82, 2.24) is 9.55 Å². The Labute approximate surface area is 128 Å². The van der Waals surface area contributed by atoms with Crippen LogP contribution in [0.4, 0.5) is 0 Å². The molecule has 1 fully saturated rings. The Hall–Kier alpha value is -0.770. The maximum Gasteiger partial charge on any atom is 0.124 e. The normalized spacial score (nSPS) is 22.8. The minimum Gasteiger partial charge on any atom is -0.378 e. The van der Waals surface area contributed by atoms with Crippen molar-refractivity contribution in [2.75, 3.05) is 6.61 Å². The molecule has 1 aromatic carbocycles. The van der Waals surface area contributed by atoms with E-state index in [0.717, 1.165) is 47.9 Å². The molecule has 2 atom stereocenters. The molecule has 0 saturated carbocycles. The Balaban J connectivity index is 1.98. The van der Waals surface area contributed by atoms with Gasteiger partial charge in [-0.15, -0.1) is 11.6 Å². The maximum absolute atomic E-state index is 6.12. The molecule has 1 aromatic heterocycles. The third-order valence-corrected chi connectivity index (χ3v) is 4.55. The fourth-order valence-corrected chi connectivity index (χ4v) is 3.41. The molecule has 0 N–H and O–H groups in total. The largest absolute Gasteiger partial charge is 0.378 e. The number of alkyl halides is 1. The molecular formula is C15H18Cl2N2O. The fourth-order valence-electron chi connectivity index (χ4n) is 3.04. The highest BCUT2D eigenvalue weighted by molar-refractivity contribution is 6.31. The van der Waals surface area contributed by atoms with Crippen molar-refractivity contribution in [2.24, 2.45) is 5.92 Å². The third-order valence-electron chi connectivity index (χ3n) is 4.07. The van der Waals surface area contributed by atoms with Crippen LogP contribution in [0.2, 0.25) is 5.02 Å². The number of imidazole rings is 1. The van der Waals surface area contributed by atoms with Crippen LogP contribution in [0.25, 0.3) is 11.0 Å². The van der Waals surface area contributed by atoms with Crippen molar-refractivity contribution in [3.63, 3.8) is 0 Å². The summed E-state index contributed by atoms with van der Waals surface area (Å²) in [5.41, 5.74) is 2.02. The van der Waals surface area contributed by atoms with E-state index < -0.39 is 0 Å². The Morgan fingerprint density at radius 3 is 3.05 bits per heavy atom. The van der Waals surface area contributed by atoms with Gasteiger partial charge in [0.05, 0.1) is 23.0 Å². The van der Waals surface area contributed by atoms with E-state index in [0.29, 0.717) is 17.9 Å². The van der Waals surface area contributed by atoms with Crippen LogP contribution in [0.5, 0.6) is 0 Å². The SMILES string of the molecule is CCC1OCCC1Cn1c(CCl)nc2ccc(Cl)cc21. The van der Waals surface area contributed by atoms with Gasteiger partial charge in [-0.05, 0) is 31.0 Å². The predicted octanol–water partition coefficient (Wildman–Crippen LogP) is 4.24. The monoisotopic (exact) mass is 312 g/mol. The highest BCUT2D eigenvalue weighted by Crippen LogP contribution is 2.28. The molecule has 2 unspecified atom stereocenters. The van der Waals surface area contributed by atoms with E-state index in [-0.39, 0.29) is 0 Å². The third kappa shape index (κ3) is 2.54. The molecule has 1 saturated heterocycles. The van der Waals surface area contributed by atoms with Crippen molar-refractivity contribution in [2.45, 2.75) is 38.3 Å². The van der Waals surface area contributed by atoms with Gasteiger partial charge >= 0.3 is 0 Å². The van der Waals surface area contributed by atoms with Gasteiger partial charge in [0.25, 0.3) is 0 Å². The standard InChI is InChI=1S/C15H18Cl2N2O/c1-2-14-10(5-6-20-14)9-19-13-7-11(17)3-4-12(13)18-15(19)8-16/h3-4,7,10,14H,2,5-6,8-9H2,1H3. The molecule has 0 radical (unpaired) electrons. The molecule has 20 heavy (non-hydrogen) atoms. The quantitative estimate of drug-likeness (QED) is 0.789. The first kappa shape index (κ1) is 14.2. The molecule has 0 aliphatic carbocycles. The van der Waals surface area contributed by atoms with Crippen LogP contribution in [-0.4, -0.2) is 22.3 Å². The van der Waals surface area contributed by atoms with Gasteiger partial charge in [0.15, 0.2) is 0 Å². The molecular weight excluding hydrogens is 295 g/mol. The first-order valence-electron chi connectivity index (χ1n) is 7.05. The number of fused-ring (bicyclic) bond motifs is 1. The number of hydrogen-bond donors (Lipinski definition) is 0. The summed E-state index contributed by atoms with van der Waals surface area (Å²) in [6, 6.07) is 5.79. The Bertz CT molecular complexity index is 611. The van der Waals surface area contributed by atoms with Crippen molar-refractivity contribution in [1.29, 1.82) is 0 Å². The zero-order valence-corrected chi connectivity index (χ0v) is 13.0. The lowest BCUT2D eigenvalue weighted by atomic mass is 9.99. The second-order valence-corrected chi connectivity index (χ2v) is 5.98. The van der Waals surface area contributed by atoms with Gasteiger partial charge in [0.2, 0.25) is 0 Å². The van der Waals surface area contributed by atoms with Crippen molar-refractivity contribution in [3.05, 3.63) is 29.0 Å². The Kier molecular flexibility index (Phi) is 4.20. The van der Waals surface area contributed by atoms with E-state index in [1.807, 2.05) is 18.2 Å². The minimum absolute atomic E-state index is 0.342. The van der Waals surface area contributed by atoms with Gasteiger partial charge in [0.1, 0.15) is 5.82 Å². The number of aromatic nitrogens is 2. The van der Waals surface area contributed by atoms with E-state index in [2.05, 4.69) is 16.5 Å². The van der Waals surface area contributed by atoms with E-state index in [9.17, 15) is 0 Å². The lowest BCUT2D eigenvalue weighted by Crippen LogP contribution is -2.21. The molecule has 3 rings (SSSR count). The Morgan fingerprint density at radius 2 is 2.30 bits per heavy atom. The van der Waals surface area contributed by atoms with E-state index in [4.69, 9.17) is 27.9 Å². The highest BCUT2D eigenvalue weighted by atomic mass is 35.5. The van der Waals surface area contributed by atoms with Crippen molar-refractivity contribution in [3.8, 4) is 0 Å². The second kappa shape index (κ2) is 5.92. The number of benzene rings is 1. The van der Waals surface area contributed by atoms with Crippen LogP contribution in [0.15, 0.2) is 18.2 Å². The summed E-state index contributed by atoms with van der Waals surface area (Å²) < 4.78 is 7.98. The van der Waals surface area contributed by atoms with Gasteiger partial charge in [-0.3, -0.25) is 0 Å². The second-order valence-electron chi connectivity index (χ2n) is 5.27. The summed E-state index contributed by atoms with van der Waals surface area (Å²) in [5.74, 6) is 1.85. The van der Waals surface area contributed by atoms with Gasteiger partial charge in [-0.2, -0.15) is 0 Å². The molecule has 0 spiro atoms. The lowest BCUT2D eigenvalue weighted by Gasteiger charge is -2.19. The predicted molar refractivity (Wildman–Crippen MR) is 82.4 cm³/mol. The average molecular weight is 313 g/mol. The lowest BCUT2D eigenvalue weighted by molar-refractivity contribution is 0.0836. The summed E-state index contributed by atoms with van der Waals surface area (Å²) in [5, 5.41) is 0.731. The zero-order chi connectivity index (χ0) is 14.1. The molecule has 5 heteroatoms. The number of rotatable bonds is 4. The topological polar surface area (TPSA) is 27.1 Å². The highest BCUT2D eigenvalue weighted by Gasteiger charge is 2.28. The fraction of sp³-hybridized carbons (Fsp3) is 0.533. The summed E-state index contributed by atoms with van der Waals surface area (Å²) in [6.45, 7) is 3.93. The molecule has 1 aliphatic rings. The van der Waals surface area contributed by atoms with Crippen molar-refractivity contribution >= 4 is 34.2 Å². The molecule has 0 amide bonds. The first-order chi connectivity index (χ1) is 9.72. The molecule has 108 valence electrons. The van der Waals surface area contributed by atoms with Crippen molar-refractivity contribution < 1.29 is 4.74 Å². The summed E-state index contributed by atoms with van der Waals surface area (Å²) >= 11 is 12.2. The summed E-state index contributed by atoms with van der Waals surface area (Å²) in [4.78, 5) is 4.60. The van der Waals surface area contributed by atoms with Crippen LogP contribution in [-0.2, 0) is 17.2 Å². The number of hydrogen-bond acceptors (Lipinski definition) is 2. The molecule has 3 nitrogen and oxygen atoms in total. The van der Waals surface area contributed by atoms with Gasteiger partial charge in [0, 0.05) is 24.1 Å². The van der Waals surface area contributed by atoms with Gasteiger partial charge in [-0.1, -0.05) is 18.5 Å². The molecule has 2 aromatic rings. The van der Waals surface area contributed by atoms with Crippen LogP contribution in [0, 0.1) is 5.92 Å². The van der Waals surface area contributed by atoms with Crippen LogP contribution in [0.3, 0.4) is 0 Å². The molecule has 0 bridgehead atoms. The van der Waals surface area contributed by atoms with Crippen LogP contribution >= 0.6 is 23.2 Å². The van der Waals surface area contributed by atoms with E-state index in [1.54, 1.807) is 0 Å². The van der Waals surface area contributed by atoms with Crippen LogP contribution < -0.4 is 0 Å². The zero-order valence-electron chi connectivity index (χ0n) is 11.5. The van der Waals surface area contributed by atoms with Gasteiger partial charge in [-0.25, -0.2) is 4.98 Å². The summed E-state index contributed by atoms with van der Waals surface area (Å²) in [6.07, 6.45) is 2.49. The summed E-state index contributed by atoms with van der Waals surface area (Å²) in [7, 11) is 0.